The number of nitrogens with two attached hydrogens (primary N) is 1. The van der Waals surface area contributed by atoms with Gasteiger partial charge in [-0.15, -0.1) is 12.4 Å². The highest BCUT2D eigenvalue weighted by molar-refractivity contribution is 5.99. The average molecular weight is 271 g/mol. The van der Waals surface area contributed by atoms with Crippen molar-refractivity contribution in [3.8, 4) is 0 Å². The zero-order chi connectivity index (χ0) is 13.1. The first-order valence-electron chi connectivity index (χ1n) is 6.02. The SMILES string of the molecule is CCCC(C)(N)C(=O)N(C)c1cccc(C)c1.Cl. The first-order valence-corrected chi connectivity index (χ1v) is 6.02. The molecule has 0 aromatic heterocycles. The van der Waals surface area contributed by atoms with Gasteiger partial charge in [-0.2, -0.15) is 0 Å². The van der Waals surface area contributed by atoms with Crippen molar-refractivity contribution in [1.82, 2.24) is 0 Å². The van der Waals surface area contributed by atoms with Crippen molar-refractivity contribution in [2.24, 2.45) is 5.73 Å². The van der Waals surface area contributed by atoms with Crippen LogP contribution in [0.3, 0.4) is 0 Å². The fourth-order valence-corrected chi connectivity index (χ4v) is 1.96. The number of amides is 1. The van der Waals surface area contributed by atoms with Crippen LogP contribution in [0.15, 0.2) is 24.3 Å². The standard InChI is InChI=1S/C14H22N2O.ClH/c1-5-9-14(3,15)13(17)16(4)12-8-6-7-11(2)10-12;/h6-8,10H,5,9,15H2,1-4H3;1H. The number of nitrogens with zero attached hydrogens (tertiary/aromatic N) is 1. The highest BCUT2D eigenvalue weighted by Gasteiger charge is 2.30. The van der Waals surface area contributed by atoms with E-state index >= 15 is 0 Å². The second-order valence-electron chi connectivity index (χ2n) is 4.87. The van der Waals surface area contributed by atoms with Crippen LogP contribution < -0.4 is 10.6 Å². The number of halogens is 1. The monoisotopic (exact) mass is 270 g/mol. The molecule has 3 nitrogen and oxygen atoms in total. The highest BCUT2D eigenvalue weighted by Crippen LogP contribution is 2.19. The molecule has 1 rings (SSSR count). The first-order chi connectivity index (χ1) is 7.88. The van der Waals surface area contributed by atoms with E-state index in [4.69, 9.17) is 5.73 Å². The molecule has 0 aliphatic rings. The largest absolute Gasteiger partial charge is 0.318 e. The van der Waals surface area contributed by atoms with Crippen molar-refractivity contribution in [3.63, 3.8) is 0 Å². The first kappa shape index (κ1) is 16.9. The van der Waals surface area contributed by atoms with Gasteiger partial charge in [0, 0.05) is 12.7 Å². The summed E-state index contributed by atoms with van der Waals surface area (Å²) in [4.78, 5) is 13.9. The molecule has 0 saturated carbocycles. The van der Waals surface area contributed by atoms with Crippen LogP contribution in [0.5, 0.6) is 0 Å². The van der Waals surface area contributed by atoms with E-state index in [-0.39, 0.29) is 18.3 Å². The molecule has 0 aliphatic heterocycles. The Morgan fingerprint density at radius 1 is 1.44 bits per heavy atom. The van der Waals surface area contributed by atoms with Crippen molar-refractivity contribution in [2.75, 3.05) is 11.9 Å². The van der Waals surface area contributed by atoms with Gasteiger partial charge in [-0.25, -0.2) is 0 Å². The lowest BCUT2D eigenvalue weighted by molar-refractivity contribution is -0.123. The Labute approximate surface area is 116 Å². The summed E-state index contributed by atoms with van der Waals surface area (Å²) >= 11 is 0. The smallest absolute Gasteiger partial charge is 0.246 e. The van der Waals surface area contributed by atoms with Gasteiger partial charge in [-0.1, -0.05) is 25.5 Å². The predicted molar refractivity (Wildman–Crippen MR) is 79.3 cm³/mol. The van der Waals surface area contributed by atoms with Gasteiger partial charge in [-0.3, -0.25) is 4.79 Å². The second-order valence-corrected chi connectivity index (χ2v) is 4.87. The maximum absolute atomic E-state index is 12.3. The number of hydrogen-bond donors (Lipinski definition) is 1. The van der Waals surface area contributed by atoms with E-state index in [0.717, 1.165) is 17.7 Å². The number of carbonyl (C=O) groups excluding carboxylic acids is 1. The maximum atomic E-state index is 12.3. The van der Waals surface area contributed by atoms with Gasteiger partial charge in [0.1, 0.15) is 0 Å². The Balaban J connectivity index is 0.00000289. The summed E-state index contributed by atoms with van der Waals surface area (Å²) in [5.74, 6) is -0.0371. The molecule has 0 radical (unpaired) electrons. The molecule has 2 N–H and O–H groups in total. The van der Waals surface area contributed by atoms with E-state index in [1.54, 1.807) is 18.9 Å². The molecule has 0 bridgehead atoms. The molecule has 1 aromatic rings. The average Bonchev–Trinajstić information content (AvgIpc) is 2.27. The lowest BCUT2D eigenvalue weighted by Gasteiger charge is -2.29. The number of carbonyl (C=O) groups is 1. The van der Waals surface area contributed by atoms with Gasteiger partial charge in [0.15, 0.2) is 0 Å². The number of likely N-dealkylation sites (N-methyl/N-ethyl adjacent to an activating group) is 1. The van der Waals surface area contributed by atoms with Crippen LogP contribution in [0.1, 0.15) is 32.3 Å². The molecule has 0 aliphatic carbocycles. The molecule has 1 unspecified atom stereocenters. The predicted octanol–water partition coefficient (Wildman–Crippen LogP) is 2.90. The Kier molecular flexibility index (Phi) is 6.36. The van der Waals surface area contributed by atoms with Crippen LogP contribution in [0, 0.1) is 6.92 Å². The van der Waals surface area contributed by atoms with Crippen LogP contribution >= 0.6 is 12.4 Å². The Bertz CT molecular complexity index is 405. The van der Waals surface area contributed by atoms with Gasteiger partial charge in [0.25, 0.3) is 0 Å². The molecule has 4 heteroatoms. The second kappa shape index (κ2) is 6.76. The molecule has 1 amide bonds. The summed E-state index contributed by atoms with van der Waals surface area (Å²) in [5.41, 5.74) is 7.30. The van der Waals surface area contributed by atoms with Gasteiger partial charge < -0.3 is 10.6 Å². The lowest BCUT2D eigenvalue weighted by atomic mass is 9.95. The highest BCUT2D eigenvalue weighted by atomic mass is 35.5. The molecular weight excluding hydrogens is 248 g/mol. The van der Waals surface area contributed by atoms with E-state index < -0.39 is 5.54 Å². The fraction of sp³-hybridized carbons (Fsp3) is 0.500. The third kappa shape index (κ3) is 4.00. The maximum Gasteiger partial charge on any atom is 0.246 e. The van der Waals surface area contributed by atoms with Crippen molar-refractivity contribution in [3.05, 3.63) is 29.8 Å². The number of aryl methyl sites for hydroxylation is 1. The van der Waals surface area contributed by atoms with E-state index in [2.05, 4.69) is 0 Å². The molecule has 0 spiro atoms. The molecular formula is C14H23ClN2O. The molecule has 1 aromatic carbocycles. The lowest BCUT2D eigenvalue weighted by Crippen LogP contribution is -2.52. The minimum absolute atomic E-state index is 0. The molecule has 0 saturated heterocycles. The zero-order valence-electron chi connectivity index (χ0n) is 11.6. The van der Waals surface area contributed by atoms with Crippen LogP contribution in [0.2, 0.25) is 0 Å². The molecule has 0 heterocycles. The normalized spacial score (nSPS) is 13.4. The Morgan fingerprint density at radius 2 is 2.06 bits per heavy atom. The summed E-state index contributed by atoms with van der Waals surface area (Å²) in [5, 5.41) is 0. The topological polar surface area (TPSA) is 46.3 Å². The number of hydrogen-bond acceptors (Lipinski definition) is 2. The van der Waals surface area contributed by atoms with E-state index in [0.29, 0.717) is 6.42 Å². The Morgan fingerprint density at radius 3 is 2.56 bits per heavy atom. The van der Waals surface area contributed by atoms with Crippen LogP contribution in [-0.4, -0.2) is 18.5 Å². The summed E-state index contributed by atoms with van der Waals surface area (Å²) in [6, 6.07) is 7.87. The number of anilines is 1. The van der Waals surface area contributed by atoms with Crippen LogP contribution in [-0.2, 0) is 4.79 Å². The van der Waals surface area contributed by atoms with Gasteiger partial charge in [-0.05, 0) is 38.0 Å². The van der Waals surface area contributed by atoms with Crippen molar-refractivity contribution >= 4 is 24.0 Å². The van der Waals surface area contributed by atoms with Crippen LogP contribution in [0.4, 0.5) is 5.69 Å². The van der Waals surface area contributed by atoms with Gasteiger partial charge in [0.05, 0.1) is 5.54 Å². The van der Waals surface area contributed by atoms with E-state index in [1.165, 1.54) is 0 Å². The quantitative estimate of drug-likeness (QED) is 0.914. The van der Waals surface area contributed by atoms with Crippen molar-refractivity contribution in [2.45, 2.75) is 39.2 Å². The van der Waals surface area contributed by atoms with Gasteiger partial charge in [0.2, 0.25) is 5.91 Å². The summed E-state index contributed by atoms with van der Waals surface area (Å²) in [6.45, 7) is 5.84. The minimum atomic E-state index is -0.784. The van der Waals surface area contributed by atoms with Gasteiger partial charge >= 0.3 is 0 Å². The van der Waals surface area contributed by atoms with E-state index in [1.807, 2.05) is 38.1 Å². The minimum Gasteiger partial charge on any atom is -0.318 e. The van der Waals surface area contributed by atoms with Crippen molar-refractivity contribution < 1.29 is 4.79 Å². The summed E-state index contributed by atoms with van der Waals surface area (Å²) in [6.07, 6.45) is 1.60. The number of rotatable bonds is 4. The fourth-order valence-electron chi connectivity index (χ4n) is 1.96. The Hall–Kier alpha value is -1.06. The molecule has 18 heavy (non-hydrogen) atoms. The number of benzene rings is 1. The van der Waals surface area contributed by atoms with E-state index in [9.17, 15) is 4.79 Å². The zero-order valence-corrected chi connectivity index (χ0v) is 12.4. The van der Waals surface area contributed by atoms with Crippen LogP contribution in [0.25, 0.3) is 0 Å². The molecule has 0 fully saturated rings. The summed E-state index contributed by atoms with van der Waals surface area (Å²) in [7, 11) is 1.78. The third-order valence-electron chi connectivity index (χ3n) is 2.95. The third-order valence-corrected chi connectivity index (χ3v) is 2.95. The molecule has 102 valence electrons. The summed E-state index contributed by atoms with van der Waals surface area (Å²) < 4.78 is 0. The molecule has 1 atom stereocenters. The van der Waals surface area contributed by atoms with Crippen molar-refractivity contribution in [1.29, 1.82) is 0 Å².